The highest BCUT2D eigenvalue weighted by Crippen LogP contribution is 2.61. The van der Waals surface area contributed by atoms with Gasteiger partial charge in [-0.25, -0.2) is 8.42 Å². The van der Waals surface area contributed by atoms with Crippen LogP contribution in [0.4, 0.5) is 5.13 Å². The summed E-state index contributed by atoms with van der Waals surface area (Å²) in [6.07, 6.45) is 11.0. The molecular weight excluding hydrogens is 446 g/mol. The molecule has 1 amide bonds. The van der Waals surface area contributed by atoms with Gasteiger partial charge in [0.25, 0.3) is 5.91 Å². The molecule has 1 aliphatic heterocycles. The third kappa shape index (κ3) is 3.33. The van der Waals surface area contributed by atoms with Gasteiger partial charge < -0.3 is 4.57 Å². The molecule has 4 saturated carbocycles. The summed E-state index contributed by atoms with van der Waals surface area (Å²) >= 11 is 1.49. The molecule has 0 unspecified atom stereocenters. The minimum Gasteiger partial charge on any atom is -0.345 e. The normalized spacial score (nSPS) is 32.0. The first-order valence-corrected chi connectivity index (χ1v) is 13.9. The highest BCUT2D eigenvalue weighted by molar-refractivity contribution is 7.89. The van der Waals surface area contributed by atoms with Crippen molar-refractivity contribution in [1.29, 1.82) is 0 Å². The number of sulfonamides is 1. The summed E-state index contributed by atoms with van der Waals surface area (Å²) in [7, 11) is -1.87. The number of rotatable bonds is 5. The number of carbonyl (C=O) groups is 1. The van der Waals surface area contributed by atoms with E-state index in [1.807, 2.05) is 0 Å². The molecule has 3 heterocycles. The Labute approximate surface area is 192 Å². The number of amides is 1. The second kappa shape index (κ2) is 7.36. The molecule has 7 rings (SSSR count). The van der Waals surface area contributed by atoms with E-state index in [1.54, 1.807) is 11.6 Å². The third-order valence-corrected chi connectivity index (χ3v) is 11.0. The van der Waals surface area contributed by atoms with E-state index in [0.717, 1.165) is 35.6 Å². The predicted molar refractivity (Wildman–Crippen MR) is 121 cm³/mol. The molecule has 4 aliphatic carbocycles. The van der Waals surface area contributed by atoms with Crippen LogP contribution in [0.15, 0.2) is 17.2 Å². The quantitative estimate of drug-likeness (QED) is 0.715. The highest BCUT2D eigenvalue weighted by Gasteiger charge is 2.53. The van der Waals surface area contributed by atoms with Gasteiger partial charge in [0.1, 0.15) is 15.6 Å². The molecule has 2 aromatic heterocycles. The van der Waals surface area contributed by atoms with Crippen LogP contribution in [0.2, 0.25) is 0 Å². The molecule has 32 heavy (non-hydrogen) atoms. The van der Waals surface area contributed by atoms with Crippen molar-refractivity contribution >= 4 is 32.4 Å². The van der Waals surface area contributed by atoms with Gasteiger partial charge in [0.05, 0.1) is 0 Å². The van der Waals surface area contributed by atoms with Crippen molar-refractivity contribution in [3.63, 3.8) is 0 Å². The molecule has 0 atom stereocenters. The molecule has 5 fully saturated rings. The number of anilines is 1. The van der Waals surface area contributed by atoms with Gasteiger partial charge in [-0.15, -0.1) is 10.2 Å². The van der Waals surface area contributed by atoms with Crippen LogP contribution in [0.1, 0.15) is 66.9 Å². The Morgan fingerprint density at radius 3 is 2.34 bits per heavy atom. The second-order valence-corrected chi connectivity index (χ2v) is 13.3. The third-order valence-electron chi connectivity index (χ3n) is 8.05. The lowest BCUT2D eigenvalue weighted by atomic mass is 9.50. The smallest absolute Gasteiger partial charge is 0.274 e. The van der Waals surface area contributed by atoms with E-state index in [4.69, 9.17) is 0 Å². The van der Waals surface area contributed by atoms with Gasteiger partial charge >= 0.3 is 0 Å². The second-order valence-electron chi connectivity index (χ2n) is 10.3. The van der Waals surface area contributed by atoms with Crippen molar-refractivity contribution in [2.75, 3.05) is 18.4 Å². The maximum atomic E-state index is 13.0. The summed E-state index contributed by atoms with van der Waals surface area (Å²) in [5, 5.41) is 13.2. The molecule has 1 saturated heterocycles. The zero-order valence-electron chi connectivity index (χ0n) is 18.3. The van der Waals surface area contributed by atoms with Gasteiger partial charge in [-0.1, -0.05) is 11.3 Å². The fraction of sp³-hybridized carbons (Fsp3) is 0.682. The first-order valence-electron chi connectivity index (χ1n) is 11.6. The van der Waals surface area contributed by atoms with Crippen LogP contribution in [0.5, 0.6) is 0 Å². The minimum atomic E-state index is -3.56. The molecule has 1 N–H and O–H groups in total. The summed E-state index contributed by atoms with van der Waals surface area (Å²) in [6.45, 7) is 1.08. The molecule has 8 nitrogen and oxygen atoms in total. The van der Waals surface area contributed by atoms with Gasteiger partial charge in [0.2, 0.25) is 15.2 Å². The van der Waals surface area contributed by atoms with Crippen molar-refractivity contribution in [1.82, 2.24) is 19.1 Å². The van der Waals surface area contributed by atoms with E-state index in [-0.39, 0.29) is 16.2 Å². The van der Waals surface area contributed by atoms with Gasteiger partial charge in [-0.05, 0) is 75.2 Å². The number of nitrogens with zero attached hydrogens (tertiary/aromatic N) is 4. The summed E-state index contributed by atoms with van der Waals surface area (Å²) in [5.74, 6) is 2.11. The van der Waals surface area contributed by atoms with Crippen molar-refractivity contribution in [3.05, 3.63) is 23.0 Å². The van der Waals surface area contributed by atoms with E-state index in [9.17, 15) is 13.2 Å². The monoisotopic (exact) mass is 475 g/mol. The van der Waals surface area contributed by atoms with Crippen molar-refractivity contribution in [3.8, 4) is 0 Å². The van der Waals surface area contributed by atoms with E-state index >= 15 is 0 Å². The number of nitrogens with one attached hydrogen (secondary N) is 1. The average Bonchev–Trinajstić information content (AvgIpc) is 3.48. The lowest BCUT2D eigenvalue weighted by Crippen LogP contribution is -2.48. The summed E-state index contributed by atoms with van der Waals surface area (Å²) in [5.41, 5.74) is 0.450. The maximum Gasteiger partial charge on any atom is 0.274 e. The van der Waals surface area contributed by atoms with Crippen LogP contribution in [-0.4, -0.2) is 46.5 Å². The molecule has 10 heteroatoms. The van der Waals surface area contributed by atoms with Gasteiger partial charge in [-0.3, -0.25) is 10.1 Å². The molecular formula is C22H29N5O3S2. The van der Waals surface area contributed by atoms with Crippen LogP contribution >= 0.6 is 11.3 Å². The summed E-state index contributed by atoms with van der Waals surface area (Å²) in [4.78, 5) is 13.1. The average molecular weight is 476 g/mol. The number of carbonyl (C=O) groups excluding carboxylic acids is 1. The molecule has 172 valence electrons. The number of aromatic nitrogens is 3. The Bertz CT molecular complexity index is 1130. The van der Waals surface area contributed by atoms with Gasteiger partial charge in [0, 0.05) is 31.7 Å². The molecule has 0 spiro atoms. The number of hydrogen-bond donors (Lipinski definition) is 1. The Kier molecular flexibility index (Phi) is 4.79. The number of aryl methyl sites for hydroxylation is 1. The lowest BCUT2D eigenvalue weighted by molar-refractivity contribution is -0.00555. The number of hydrogen-bond acceptors (Lipinski definition) is 6. The zero-order chi connectivity index (χ0) is 22.1. The van der Waals surface area contributed by atoms with Crippen molar-refractivity contribution in [2.45, 2.75) is 61.7 Å². The first-order chi connectivity index (χ1) is 15.3. The largest absolute Gasteiger partial charge is 0.345 e. The Morgan fingerprint density at radius 2 is 1.72 bits per heavy atom. The highest BCUT2D eigenvalue weighted by atomic mass is 32.2. The summed E-state index contributed by atoms with van der Waals surface area (Å²) in [6, 6.07) is 1.46. The van der Waals surface area contributed by atoms with Gasteiger partial charge in [-0.2, -0.15) is 4.31 Å². The maximum absolute atomic E-state index is 13.0. The molecule has 0 aromatic carbocycles. The standard InChI is InChI=1S/C22H29N5O3S2/c1-26-13-17(32(29,30)27-4-2-3-5-27)9-18(26)19(28)23-21-25-24-20(31-21)22-10-14-6-15(11-22)8-16(7-14)12-22/h9,13-16H,2-8,10-12H2,1H3,(H,23,25,28). The Hall–Kier alpha value is -1.78. The Morgan fingerprint density at radius 1 is 1.09 bits per heavy atom. The van der Waals surface area contributed by atoms with E-state index in [0.29, 0.717) is 23.9 Å². The fourth-order valence-electron chi connectivity index (χ4n) is 7.00. The van der Waals surface area contributed by atoms with Crippen LogP contribution in [0, 0.1) is 17.8 Å². The molecule has 4 bridgehead atoms. The van der Waals surface area contributed by atoms with E-state index in [1.165, 1.54) is 66.4 Å². The topological polar surface area (TPSA) is 97.2 Å². The molecule has 5 aliphatic rings. The molecule has 2 aromatic rings. The predicted octanol–water partition coefficient (Wildman–Crippen LogP) is 3.38. The summed E-state index contributed by atoms with van der Waals surface area (Å²) < 4.78 is 28.8. The van der Waals surface area contributed by atoms with Crippen molar-refractivity contribution < 1.29 is 13.2 Å². The molecule has 0 radical (unpaired) electrons. The van der Waals surface area contributed by atoms with E-state index < -0.39 is 10.0 Å². The van der Waals surface area contributed by atoms with E-state index in [2.05, 4.69) is 15.5 Å². The van der Waals surface area contributed by atoms with Crippen LogP contribution in [-0.2, 0) is 22.5 Å². The minimum absolute atomic E-state index is 0.150. The fourth-order valence-corrected chi connectivity index (χ4v) is 9.55. The van der Waals surface area contributed by atoms with Crippen LogP contribution < -0.4 is 5.32 Å². The lowest BCUT2D eigenvalue weighted by Gasteiger charge is -2.55. The first kappa shape index (κ1) is 20.8. The van der Waals surface area contributed by atoms with Crippen LogP contribution in [0.25, 0.3) is 0 Å². The SMILES string of the molecule is Cn1cc(S(=O)(=O)N2CCCC2)cc1C(=O)Nc1nnc(C23CC4CC(CC(C4)C2)C3)s1. The Balaban J connectivity index is 1.20. The van der Waals surface area contributed by atoms with Gasteiger partial charge in [0.15, 0.2) is 0 Å². The van der Waals surface area contributed by atoms with Crippen molar-refractivity contribution in [2.24, 2.45) is 24.8 Å². The zero-order valence-corrected chi connectivity index (χ0v) is 19.9. The van der Waals surface area contributed by atoms with Crippen LogP contribution in [0.3, 0.4) is 0 Å².